The Bertz CT molecular complexity index is 626. The summed E-state index contributed by atoms with van der Waals surface area (Å²) < 4.78 is 39.2. The van der Waals surface area contributed by atoms with Crippen LogP contribution in [0.3, 0.4) is 0 Å². The molecule has 2 N–H and O–H groups in total. The second-order valence-corrected chi connectivity index (χ2v) is 5.95. The topological polar surface area (TPSA) is 60.9 Å². The number of nitrogens with zero attached hydrogens (tertiary/aromatic N) is 2. The molecule has 0 aliphatic heterocycles. The lowest BCUT2D eigenvalue weighted by Gasteiger charge is -2.11. The monoisotopic (exact) mass is 273 g/mol. The van der Waals surface area contributed by atoms with Crippen molar-refractivity contribution in [2.24, 2.45) is 0 Å². The molecule has 2 atom stereocenters. The zero-order valence-electron chi connectivity index (χ0n) is 9.98. The van der Waals surface area contributed by atoms with E-state index in [4.69, 9.17) is 5.73 Å². The van der Waals surface area contributed by atoms with E-state index in [-0.39, 0.29) is 11.2 Å². The molecule has 7 heteroatoms. The molecule has 2 aromatic rings. The first-order chi connectivity index (χ1) is 8.40. The van der Waals surface area contributed by atoms with Crippen molar-refractivity contribution in [3.05, 3.63) is 23.8 Å². The van der Waals surface area contributed by atoms with Gasteiger partial charge in [-0.05, 0) is 6.92 Å². The Balaban J connectivity index is 2.53. The van der Waals surface area contributed by atoms with E-state index < -0.39 is 22.4 Å². The fraction of sp³-hybridized carbons (Fsp3) is 0.364. The molecule has 1 heterocycles. The number of nitrogens with two attached hydrogens (primary N) is 1. The number of imidazole rings is 1. The molecule has 0 radical (unpaired) electrons. The smallest absolute Gasteiger partial charge is 0.201 e. The molecule has 0 spiro atoms. The number of hydrogen-bond acceptors (Lipinski definition) is 3. The second kappa shape index (κ2) is 4.64. The van der Waals surface area contributed by atoms with E-state index in [0.29, 0.717) is 17.6 Å². The first-order valence-electron chi connectivity index (χ1n) is 5.33. The molecule has 4 nitrogen and oxygen atoms in total. The van der Waals surface area contributed by atoms with Gasteiger partial charge in [-0.25, -0.2) is 13.8 Å². The van der Waals surface area contributed by atoms with E-state index in [9.17, 15) is 13.0 Å². The van der Waals surface area contributed by atoms with Gasteiger partial charge in [-0.1, -0.05) is 0 Å². The molecular formula is C11H13F2N3OS. The van der Waals surface area contributed by atoms with Crippen molar-refractivity contribution >= 4 is 27.8 Å². The highest BCUT2D eigenvalue weighted by atomic mass is 32.2. The highest BCUT2D eigenvalue weighted by Crippen LogP contribution is 2.21. The number of benzene rings is 1. The number of nitrogen functional groups attached to an aromatic ring is 1. The Morgan fingerprint density at radius 1 is 1.44 bits per heavy atom. The molecule has 0 fully saturated rings. The average molecular weight is 273 g/mol. The van der Waals surface area contributed by atoms with E-state index >= 15 is 0 Å². The van der Waals surface area contributed by atoms with Crippen LogP contribution in [-0.2, 0) is 17.3 Å². The maximum absolute atomic E-state index is 13.2. The van der Waals surface area contributed by atoms with Gasteiger partial charge < -0.3 is 10.3 Å². The number of anilines is 1. The summed E-state index contributed by atoms with van der Waals surface area (Å²) in [6, 6.07) is 2.06. The largest absolute Gasteiger partial charge is 0.369 e. The van der Waals surface area contributed by atoms with Gasteiger partial charge >= 0.3 is 0 Å². The van der Waals surface area contributed by atoms with Crippen molar-refractivity contribution in [3.8, 4) is 0 Å². The summed E-state index contributed by atoms with van der Waals surface area (Å²) in [4.78, 5) is 3.96. The van der Waals surface area contributed by atoms with Gasteiger partial charge in [0.1, 0.15) is 0 Å². The molecule has 0 aliphatic carbocycles. The van der Waals surface area contributed by atoms with Crippen molar-refractivity contribution in [1.82, 2.24) is 9.55 Å². The Morgan fingerprint density at radius 2 is 2.06 bits per heavy atom. The summed E-state index contributed by atoms with van der Waals surface area (Å²) in [5, 5.41) is -0.155. The van der Waals surface area contributed by atoms with Crippen LogP contribution in [0.4, 0.5) is 14.7 Å². The third-order valence-corrected chi connectivity index (χ3v) is 4.11. The summed E-state index contributed by atoms with van der Waals surface area (Å²) in [5.41, 5.74) is 6.41. The molecule has 1 aromatic carbocycles. The lowest BCUT2D eigenvalue weighted by atomic mass is 10.3. The Hall–Kier alpha value is -1.50. The first-order valence-corrected chi connectivity index (χ1v) is 6.95. The average Bonchev–Trinajstić information content (AvgIpc) is 2.56. The van der Waals surface area contributed by atoms with E-state index in [0.717, 1.165) is 12.1 Å². The van der Waals surface area contributed by atoms with Crippen LogP contribution in [0.15, 0.2) is 12.1 Å². The van der Waals surface area contributed by atoms with Crippen molar-refractivity contribution in [1.29, 1.82) is 0 Å². The Kier molecular flexibility index (Phi) is 3.34. The summed E-state index contributed by atoms with van der Waals surface area (Å²) in [7, 11) is -1.03. The van der Waals surface area contributed by atoms with Gasteiger partial charge in [0.15, 0.2) is 11.6 Å². The van der Waals surface area contributed by atoms with E-state index in [1.165, 1.54) is 0 Å². The summed E-state index contributed by atoms with van der Waals surface area (Å²) in [6.45, 7) is 2.14. The summed E-state index contributed by atoms with van der Waals surface area (Å²) in [5.74, 6) is -1.75. The standard InChI is InChI=1S/C11H13F2N3OS/c1-6(18(2)17)5-16-10-4-8(13)7(12)3-9(10)15-11(16)14/h3-4,6H,5H2,1-2H3,(H2,14,15). The SMILES string of the molecule is CC(Cn1c(N)nc2cc(F)c(F)cc21)S(C)=O. The van der Waals surface area contributed by atoms with E-state index in [1.807, 2.05) is 0 Å². The van der Waals surface area contributed by atoms with Crippen molar-refractivity contribution in [3.63, 3.8) is 0 Å². The molecule has 0 saturated carbocycles. The van der Waals surface area contributed by atoms with Crippen molar-refractivity contribution < 1.29 is 13.0 Å². The molecule has 0 amide bonds. The van der Waals surface area contributed by atoms with Crippen LogP contribution < -0.4 is 5.73 Å². The second-order valence-electron chi connectivity index (χ2n) is 4.14. The fourth-order valence-corrected chi connectivity index (χ4v) is 2.05. The van der Waals surface area contributed by atoms with Crippen LogP contribution in [0.25, 0.3) is 11.0 Å². The number of fused-ring (bicyclic) bond motifs is 1. The predicted octanol–water partition coefficient (Wildman–Crippen LogP) is 1.66. The molecule has 1 aromatic heterocycles. The molecule has 0 bridgehead atoms. The van der Waals surface area contributed by atoms with Gasteiger partial charge in [0.25, 0.3) is 0 Å². The summed E-state index contributed by atoms with van der Waals surface area (Å²) >= 11 is 0. The van der Waals surface area contributed by atoms with Crippen LogP contribution in [0, 0.1) is 11.6 Å². The minimum Gasteiger partial charge on any atom is -0.369 e. The lowest BCUT2D eigenvalue weighted by molar-refractivity contribution is 0.510. The normalized spacial score (nSPS) is 14.9. The van der Waals surface area contributed by atoms with Gasteiger partial charge in [0.2, 0.25) is 5.95 Å². The third-order valence-electron chi connectivity index (χ3n) is 2.83. The van der Waals surface area contributed by atoms with Crippen LogP contribution in [0.1, 0.15) is 6.92 Å². The molecule has 2 rings (SSSR count). The van der Waals surface area contributed by atoms with Gasteiger partial charge in [0.05, 0.1) is 11.0 Å². The molecule has 2 unspecified atom stereocenters. The quantitative estimate of drug-likeness (QED) is 0.925. The number of halogens is 2. The number of hydrogen-bond donors (Lipinski definition) is 1. The first kappa shape index (κ1) is 12.9. The van der Waals surface area contributed by atoms with E-state index in [1.54, 1.807) is 17.7 Å². The predicted molar refractivity (Wildman–Crippen MR) is 67.6 cm³/mol. The Morgan fingerprint density at radius 3 is 2.67 bits per heavy atom. The van der Waals surface area contributed by atoms with Crippen molar-refractivity contribution in [2.75, 3.05) is 12.0 Å². The maximum atomic E-state index is 13.2. The van der Waals surface area contributed by atoms with Crippen LogP contribution in [0.5, 0.6) is 0 Å². The minimum atomic E-state index is -1.03. The van der Waals surface area contributed by atoms with Gasteiger partial charge in [0, 0.05) is 41.0 Å². The number of aromatic nitrogens is 2. The Labute approximate surface area is 105 Å². The molecule has 98 valence electrons. The highest BCUT2D eigenvalue weighted by Gasteiger charge is 2.15. The van der Waals surface area contributed by atoms with Gasteiger partial charge in [-0.15, -0.1) is 0 Å². The lowest BCUT2D eigenvalue weighted by Crippen LogP contribution is -2.18. The zero-order chi connectivity index (χ0) is 13.4. The van der Waals surface area contributed by atoms with Crippen LogP contribution >= 0.6 is 0 Å². The maximum Gasteiger partial charge on any atom is 0.201 e. The van der Waals surface area contributed by atoms with Crippen molar-refractivity contribution in [2.45, 2.75) is 18.7 Å². The highest BCUT2D eigenvalue weighted by molar-refractivity contribution is 7.84. The third kappa shape index (κ3) is 2.22. The van der Waals surface area contributed by atoms with E-state index in [2.05, 4.69) is 4.98 Å². The van der Waals surface area contributed by atoms with Gasteiger partial charge in [-0.2, -0.15) is 0 Å². The molecule has 18 heavy (non-hydrogen) atoms. The van der Waals surface area contributed by atoms with Crippen LogP contribution in [-0.4, -0.2) is 25.3 Å². The molecule has 0 saturated heterocycles. The minimum absolute atomic E-state index is 0.155. The fourth-order valence-electron chi connectivity index (χ4n) is 1.69. The molecule has 0 aliphatic rings. The van der Waals surface area contributed by atoms with Crippen LogP contribution in [0.2, 0.25) is 0 Å². The zero-order valence-corrected chi connectivity index (χ0v) is 10.8. The van der Waals surface area contributed by atoms with Gasteiger partial charge in [-0.3, -0.25) is 4.21 Å². The number of rotatable bonds is 3. The molecular weight excluding hydrogens is 260 g/mol. The summed E-state index contributed by atoms with van der Waals surface area (Å²) in [6.07, 6.45) is 1.58.